The summed E-state index contributed by atoms with van der Waals surface area (Å²) in [4.78, 5) is 14.1. The van der Waals surface area contributed by atoms with Gasteiger partial charge in [0.2, 0.25) is 0 Å². The molecule has 0 aliphatic rings. The molecule has 1 N–H and O–H groups in total. The van der Waals surface area contributed by atoms with Crippen molar-refractivity contribution < 1.29 is 4.79 Å². The molecule has 0 aromatic carbocycles. The van der Waals surface area contributed by atoms with E-state index >= 15 is 0 Å². The first-order valence-electron chi connectivity index (χ1n) is 5.87. The number of amides is 1. The van der Waals surface area contributed by atoms with Crippen LogP contribution in [0.15, 0.2) is 6.07 Å². The minimum Gasteiger partial charge on any atom is -0.346 e. The number of halogens is 1. The van der Waals surface area contributed by atoms with E-state index in [1.54, 1.807) is 11.3 Å². The fraction of sp³-hybridized carbons (Fsp3) is 0.615. The number of thiophene rings is 1. The highest BCUT2D eigenvalue weighted by Gasteiger charge is 2.24. The van der Waals surface area contributed by atoms with Crippen molar-refractivity contribution in [2.45, 2.75) is 46.1 Å². The third kappa shape index (κ3) is 3.71. The Bertz CT molecular complexity index is 383. The smallest absolute Gasteiger partial charge is 0.261 e. The molecule has 17 heavy (non-hydrogen) atoms. The molecule has 0 aliphatic carbocycles. The van der Waals surface area contributed by atoms with Gasteiger partial charge in [0.25, 0.3) is 5.91 Å². The van der Waals surface area contributed by atoms with Crippen molar-refractivity contribution in [2.75, 3.05) is 5.88 Å². The zero-order valence-corrected chi connectivity index (χ0v) is 12.5. The highest BCUT2D eigenvalue weighted by Crippen LogP contribution is 2.22. The first-order valence-corrected chi connectivity index (χ1v) is 7.22. The lowest BCUT2D eigenvalue weighted by molar-refractivity contribution is 0.0905. The van der Waals surface area contributed by atoms with Crippen molar-refractivity contribution in [2.24, 2.45) is 0 Å². The third-order valence-corrected chi connectivity index (χ3v) is 4.57. The molecule has 1 aromatic rings. The van der Waals surface area contributed by atoms with Gasteiger partial charge in [-0.2, -0.15) is 0 Å². The minimum atomic E-state index is -0.204. The van der Waals surface area contributed by atoms with Gasteiger partial charge in [-0.25, -0.2) is 0 Å². The third-order valence-electron chi connectivity index (χ3n) is 3.23. The van der Waals surface area contributed by atoms with Crippen molar-refractivity contribution >= 4 is 28.8 Å². The van der Waals surface area contributed by atoms with Crippen LogP contribution in [0, 0.1) is 13.8 Å². The van der Waals surface area contributed by atoms with Crippen LogP contribution in [0.25, 0.3) is 0 Å². The van der Waals surface area contributed by atoms with E-state index in [0.717, 1.165) is 17.7 Å². The van der Waals surface area contributed by atoms with Crippen molar-refractivity contribution in [3.8, 4) is 0 Å². The number of carbonyl (C=O) groups is 1. The molecule has 1 rings (SSSR count). The lowest BCUT2D eigenvalue weighted by atomic mass is 9.95. The van der Waals surface area contributed by atoms with E-state index in [9.17, 15) is 4.79 Å². The Labute approximate surface area is 112 Å². The summed E-state index contributed by atoms with van der Waals surface area (Å²) in [6, 6.07) is 1.95. The highest BCUT2D eigenvalue weighted by molar-refractivity contribution is 7.14. The van der Waals surface area contributed by atoms with E-state index in [1.165, 1.54) is 10.4 Å². The van der Waals surface area contributed by atoms with Gasteiger partial charge in [0.05, 0.1) is 4.88 Å². The molecule has 0 aliphatic heterocycles. The van der Waals surface area contributed by atoms with E-state index in [0.29, 0.717) is 5.88 Å². The van der Waals surface area contributed by atoms with Crippen LogP contribution in [0.5, 0.6) is 0 Å². The lowest BCUT2D eigenvalue weighted by Gasteiger charge is -2.28. The molecule has 1 unspecified atom stereocenters. The molecule has 1 atom stereocenters. The van der Waals surface area contributed by atoms with Crippen LogP contribution in [-0.2, 0) is 0 Å². The SMILES string of the molecule is CCC(C)(CCCl)NC(=O)c1cc(C)c(C)s1. The fourth-order valence-electron chi connectivity index (χ4n) is 1.56. The summed E-state index contributed by atoms with van der Waals surface area (Å²) in [6.45, 7) is 8.17. The maximum Gasteiger partial charge on any atom is 0.261 e. The van der Waals surface area contributed by atoms with E-state index in [-0.39, 0.29) is 11.4 Å². The van der Waals surface area contributed by atoms with Crippen molar-refractivity contribution in [3.05, 3.63) is 21.4 Å². The molecule has 0 bridgehead atoms. The number of alkyl halides is 1. The van der Waals surface area contributed by atoms with Gasteiger partial charge in [0.1, 0.15) is 0 Å². The van der Waals surface area contributed by atoms with Gasteiger partial charge in [0, 0.05) is 16.3 Å². The number of carbonyl (C=O) groups excluding carboxylic acids is 1. The second-order valence-electron chi connectivity index (χ2n) is 4.66. The van der Waals surface area contributed by atoms with E-state index in [2.05, 4.69) is 12.2 Å². The van der Waals surface area contributed by atoms with Crippen LogP contribution < -0.4 is 5.32 Å². The molecular formula is C13H20ClNOS. The molecule has 0 saturated heterocycles. The molecule has 1 amide bonds. The summed E-state index contributed by atoms with van der Waals surface area (Å²) < 4.78 is 0. The maximum absolute atomic E-state index is 12.1. The monoisotopic (exact) mass is 273 g/mol. The van der Waals surface area contributed by atoms with Crippen molar-refractivity contribution in [1.82, 2.24) is 5.32 Å². The Balaban J connectivity index is 2.77. The number of hydrogen-bond donors (Lipinski definition) is 1. The predicted octanol–water partition coefficient (Wildman–Crippen LogP) is 3.89. The first kappa shape index (κ1) is 14.5. The fourth-order valence-corrected chi connectivity index (χ4v) is 2.90. The van der Waals surface area contributed by atoms with Gasteiger partial charge in [-0.3, -0.25) is 4.79 Å². The number of aryl methyl sites for hydroxylation is 2. The largest absolute Gasteiger partial charge is 0.346 e. The topological polar surface area (TPSA) is 29.1 Å². The zero-order chi connectivity index (χ0) is 13.1. The van der Waals surface area contributed by atoms with Gasteiger partial charge in [-0.15, -0.1) is 22.9 Å². The van der Waals surface area contributed by atoms with Crippen molar-refractivity contribution in [1.29, 1.82) is 0 Å². The quantitative estimate of drug-likeness (QED) is 0.810. The number of hydrogen-bond acceptors (Lipinski definition) is 2. The van der Waals surface area contributed by atoms with Gasteiger partial charge >= 0.3 is 0 Å². The Hall–Kier alpha value is -0.540. The Morgan fingerprint density at radius 2 is 2.18 bits per heavy atom. The summed E-state index contributed by atoms with van der Waals surface area (Å²) in [5.41, 5.74) is 0.973. The summed E-state index contributed by atoms with van der Waals surface area (Å²) in [5, 5.41) is 3.09. The standard InChI is InChI=1S/C13H20ClNOS/c1-5-13(4,6-7-14)15-12(16)11-8-9(2)10(3)17-11/h8H,5-7H2,1-4H3,(H,15,16). The van der Waals surface area contributed by atoms with Crippen LogP contribution in [0.4, 0.5) is 0 Å². The van der Waals surface area contributed by atoms with Gasteiger partial charge in [-0.1, -0.05) is 6.92 Å². The molecule has 0 fully saturated rings. The van der Waals surface area contributed by atoms with Crippen LogP contribution in [0.1, 0.15) is 46.8 Å². The predicted molar refractivity (Wildman–Crippen MR) is 75.3 cm³/mol. The van der Waals surface area contributed by atoms with E-state index in [1.807, 2.05) is 26.8 Å². The zero-order valence-electron chi connectivity index (χ0n) is 10.9. The van der Waals surface area contributed by atoms with Crippen LogP contribution in [0.3, 0.4) is 0 Å². The summed E-state index contributed by atoms with van der Waals surface area (Å²) in [7, 11) is 0. The second-order valence-corrected chi connectivity index (χ2v) is 6.29. The molecule has 1 aromatic heterocycles. The molecule has 1 heterocycles. The van der Waals surface area contributed by atoms with E-state index in [4.69, 9.17) is 11.6 Å². The Morgan fingerprint density at radius 1 is 1.53 bits per heavy atom. The molecule has 2 nitrogen and oxygen atoms in total. The average Bonchev–Trinajstić information content (AvgIpc) is 2.60. The van der Waals surface area contributed by atoms with Gasteiger partial charge in [-0.05, 0) is 45.2 Å². The summed E-state index contributed by atoms with van der Waals surface area (Å²) >= 11 is 7.32. The minimum absolute atomic E-state index is 0.0145. The molecule has 4 heteroatoms. The summed E-state index contributed by atoms with van der Waals surface area (Å²) in [5.74, 6) is 0.577. The number of rotatable bonds is 5. The normalized spacial score (nSPS) is 14.4. The molecule has 96 valence electrons. The van der Waals surface area contributed by atoms with Crippen LogP contribution >= 0.6 is 22.9 Å². The van der Waals surface area contributed by atoms with Crippen LogP contribution in [0.2, 0.25) is 0 Å². The summed E-state index contributed by atoms with van der Waals surface area (Å²) in [6.07, 6.45) is 1.68. The average molecular weight is 274 g/mol. The van der Waals surface area contributed by atoms with Crippen molar-refractivity contribution in [3.63, 3.8) is 0 Å². The molecular weight excluding hydrogens is 254 g/mol. The Kier molecular flexibility index (Phi) is 5.02. The molecule has 0 radical (unpaired) electrons. The van der Waals surface area contributed by atoms with Gasteiger partial charge in [0.15, 0.2) is 0 Å². The number of nitrogens with one attached hydrogen (secondary N) is 1. The van der Waals surface area contributed by atoms with Gasteiger partial charge < -0.3 is 5.32 Å². The maximum atomic E-state index is 12.1. The second kappa shape index (κ2) is 5.87. The highest BCUT2D eigenvalue weighted by atomic mass is 35.5. The molecule has 0 spiro atoms. The van der Waals surface area contributed by atoms with Crippen LogP contribution in [-0.4, -0.2) is 17.3 Å². The Morgan fingerprint density at radius 3 is 2.59 bits per heavy atom. The molecule has 0 saturated carbocycles. The van der Waals surface area contributed by atoms with E-state index < -0.39 is 0 Å². The lowest BCUT2D eigenvalue weighted by Crippen LogP contribution is -2.45. The first-order chi connectivity index (χ1) is 7.91.